The second-order valence-corrected chi connectivity index (χ2v) is 3.51. The van der Waals surface area contributed by atoms with Crippen LogP contribution in [0.5, 0.6) is 0 Å². The highest BCUT2D eigenvalue weighted by molar-refractivity contribution is 7.10. The first kappa shape index (κ1) is 10.7. The minimum Gasteiger partial charge on any atom is -0.375 e. The third-order valence-electron chi connectivity index (χ3n) is 1.16. The average Bonchev–Trinajstić information content (AvgIpc) is 2.45. The molecule has 0 radical (unpaired) electrons. The maximum atomic E-state index is 11.6. The van der Waals surface area contributed by atoms with Gasteiger partial charge >= 0.3 is 0 Å². The van der Waals surface area contributed by atoms with Crippen molar-refractivity contribution in [3.05, 3.63) is 10.3 Å². The summed E-state index contributed by atoms with van der Waals surface area (Å²) in [5.74, 6) is 0.532. The summed E-state index contributed by atoms with van der Waals surface area (Å²) in [6, 6.07) is 0. The average molecular weight is 229 g/mol. The predicted molar refractivity (Wildman–Crippen MR) is 45.4 cm³/mol. The molecule has 0 saturated carbocycles. The van der Waals surface area contributed by atoms with E-state index in [0.717, 1.165) is 11.5 Å². The van der Waals surface area contributed by atoms with Crippen molar-refractivity contribution in [2.45, 2.75) is 12.8 Å². The minimum absolute atomic E-state index is 0.192. The third-order valence-corrected chi connectivity index (χ3v) is 1.99. The van der Waals surface area contributed by atoms with Crippen LogP contribution < -0.4 is 0 Å². The largest absolute Gasteiger partial charge is 0.375 e. The molecule has 1 aromatic rings. The molecule has 0 aromatic carbocycles. The molecule has 0 bridgehead atoms. The van der Waals surface area contributed by atoms with Crippen molar-refractivity contribution in [3.63, 3.8) is 0 Å². The first-order chi connectivity index (χ1) is 6.18. The zero-order valence-corrected chi connectivity index (χ0v) is 8.12. The maximum Gasteiger partial charge on any atom is 0.261 e. The van der Waals surface area contributed by atoms with Gasteiger partial charge in [-0.2, -0.15) is 4.37 Å². The summed E-state index contributed by atoms with van der Waals surface area (Å²) in [7, 11) is 0. The second-order valence-electron chi connectivity index (χ2n) is 2.18. The summed E-state index contributed by atoms with van der Waals surface area (Å²) < 4.78 is 32.0. The lowest BCUT2D eigenvalue weighted by Gasteiger charge is -1.99. The van der Waals surface area contributed by atoms with Crippen molar-refractivity contribution in [2.75, 3.05) is 13.2 Å². The van der Waals surface area contributed by atoms with Crippen LogP contribution in [-0.4, -0.2) is 29.0 Å². The Kier molecular flexibility index (Phi) is 4.47. The predicted octanol–water partition coefficient (Wildman–Crippen LogP) is 2.02. The van der Waals surface area contributed by atoms with Crippen LogP contribution in [0.25, 0.3) is 0 Å². The Hall–Kier alpha value is -0.330. The van der Waals surface area contributed by atoms with E-state index in [9.17, 15) is 8.78 Å². The number of hydrogen-bond acceptors (Lipinski definition) is 4. The molecule has 0 aliphatic carbocycles. The lowest BCUT2D eigenvalue weighted by atomic mass is 10.4. The molecule has 74 valence electrons. The lowest BCUT2D eigenvalue weighted by Crippen LogP contribution is -2.07. The molecular weight excluding hydrogens is 222 g/mol. The van der Waals surface area contributed by atoms with Crippen LogP contribution in [0.4, 0.5) is 8.78 Å². The van der Waals surface area contributed by atoms with Gasteiger partial charge in [0.2, 0.25) is 4.47 Å². The Bertz CT molecular complexity index is 259. The van der Waals surface area contributed by atoms with Gasteiger partial charge in [-0.3, -0.25) is 0 Å². The number of nitrogens with zero attached hydrogens (tertiary/aromatic N) is 2. The summed E-state index contributed by atoms with van der Waals surface area (Å²) >= 11 is 6.58. The molecule has 0 saturated heterocycles. The SMILES string of the molecule is FC(F)COCCc1nsc(Cl)n1. The Morgan fingerprint density at radius 1 is 1.54 bits per heavy atom. The summed E-state index contributed by atoms with van der Waals surface area (Å²) in [4.78, 5) is 3.83. The molecule has 1 heterocycles. The minimum atomic E-state index is -2.42. The third kappa shape index (κ3) is 4.44. The molecule has 0 amide bonds. The van der Waals surface area contributed by atoms with E-state index in [0.29, 0.717) is 16.7 Å². The normalized spacial score (nSPS) is 11.1. The molecule has 0 atom stereocenters. The highest BCUT2D eigenvalue weighted by Crippen LogP contribution is 2.10. The Balaban J connectivity index is 2.13. The Morgan fingerprint density at radius 2 is 2.31 bits per heavy atom. The van der Waals surface area contributed by atoms with Gasteiger partial charge < -0.3 is 4.74 Å². The fraction of sp³-hybridized carbons (Fsp3) is 0.667. The molecule has 3 nitrogen and oxygen atoms in total. The van der Waals surface area contributed by atoms with Crippen molar-refractivity contribution >= 4 is 23.1 Å². The summed E-state index contributed by atoms with van der Waals surface area (Å²) in [6.45, 7) is -0.352. The number of aromatic nitrogens is 2. The Labute approximate surface area is 82.9 Å². The number of ether oxygens (including phenoxy) is 1. The lowest BCUT2D eigenvalue weighted by molar-refractivity contribution is 0.0183. The number of hydrogen-bond donors (Lipinski definition) is 0. The second kappa shape index (κ2) is 5.41. The quantitative estimate of drug-likeness (QED) is 0.724. The van der Waals surface area contributed by atoms with Crippen molar-refractivity contribution < 1.29 is 13.5 Å². The maximum absolute atomic E-state index is 11.6. The van der Waals surface area contributed by atoms with E-state index >= 15 is 0 Å². The number of rotatable bonds is 5. The number of alkyl halides is 2. The van der Waals surface area contributed by atoms with E-state index in [4.69, 9.17) is 11.6 Å². The van der Waals surface area contributed by atoms with Crippen LogP contribution in [0.2, 0.25) is 4.47 Å². The zero-order valence-electron chi connectivity index (χ0n) is 6.54. The van der Waals surface area contributed by atoms with Gasteiger partial charge in [-0.1, -0.05) is 0 Å². The molecule has 1 aromatic heterocycles. The van der Waals surface area contributed by atoms with E-state index in [2.05, 4.69) is 14.1 Å². The van der Waals surface area contributed by atoms with Crippen LogP contribution in [0.15, 0.2) is 0 Å². The van der Waals surface area contributed by atoms with E-state index in [1.54, 1.807) is 0 Å². The van der Waals surface area contributed by atoms with E-state index in [1.165, 1.54) is 0 Å². The summed E-state index contributed by atoms with van der Waals surface area (Å²) in [5, 5.41) is 0. The van der Waals surface area contributed by atoms with Gasteiger partial charge in [0.05, 0.1) is 6.61 Å². The smallest absolute Gasteiger partial charge is 0.261 e. The molecule has 1 rings (SSSR count). The van der Waals surface area contributed by atoms with Gasteiger partial charge in [0.25, 0.3) is 6.43 Å². The standard InChI is InChI=1S/C6H7ClF2N2OS/c7-6-10-5(11-13-6)1-2-12-3-4(8)9/h4H,1-3H2. The highest BCUT2D eigenvalue weighted by atomic mass is 35.5. The molecule has 7 heteroatoms. The first-order valence-electron chi connectivity index (χ1n) is 3.52. The Morgan fingerprint density at radius 3 is 2.85 bits per heavy atom. The van der Waals surface area contributed by atoms with Crippen LogP contribution in [0.1, 0.15) is 5.82 Å². The van der Waals surface area contributed by atoms with Gasteiger partial charge in [0, 0.05) is 6.42 Å². The zero-order chi connectivity index (χ0) is 9.68. The number of halogens is 3. The molecule has 0 fully saturated rings. The van der Waals surface area contributed by atoms with Gasteiger partial charge in [-0.25, -0.2) is 13.8 Å². The molecule has 0 aliphatic heterocycles. The van der Waals surface area contributed by atoms with E-state index in [-0.39, 0.29) is 6.61 Å². The van der Waals surface area contributed by atoms with Gasteiger partial charge in [-0.15, -0.1) is 0 Å². The first-order valence-corrected chi connectivity index (χ1v) is 4.67. The molecule has 13 heavy (non-hydrogen) atoms. The van der Waals surface area contributed by atoms with E-state index < -0.39 is 13.0 Å². The summed E-state index contributed by atoms with van der Waals surface area (Å²) in [5.41, 5.74) is 0. The monoisotopic (exact) mass is 228 g/mol. The van der Waals surface area contributed by atoms with Crippen LogP contribution in [0.3, 0.4) is 0 Å². The topological polar surface area (TPSA) is 35.0 Å². The fourth-order valence-corrected chi connectivity index (χ4v) is 1.33. The van der Waals surface area contributed by atoms with Crippen molar-refractivity contribution in [2.24, 2.45) is 0 Å². The molecule has 0 N–H and O–H groups in total. The van der Waals surface area contributed by atoms with Crippen molar-refractivity contribution in [1.82, 2.24) is 9.36 Å². The van der Waals surface area contributed by atoms with Gasteiger partial charge in [-0.05, 0) is 23.1 Å². The van der Waals surface area contributed by atoms with E-state index in [1.807, 2.05) is 0 Å². The van der Waals surface area contributed by atoms with Crippen LogP contribution in [0, 0.1) is 0 Å². The van der Waals surface area contributed by atoms with Gasteiger partial charge in [0.15, 0.2) is 0 Å². The van der Waals surface area contributed by atoms with Crippen LogP contribution >= 0.6 is 23.1 Å². The summed E-state index contributed by atoms with van der Waals surface area (Å²) in [6.07, 6.45) is -2.01. The van der Waals surface area contributed by atoms with Crippen molar-refractivity contribution in [1.29, 1.82) is 0 Å². The molecule has 0 aliphatic rings. The molecule has 0 unspecified atom stereocenters. The highest BCUT2D eigenvalue weighted by Gasteiger charge is 2.04. The van der Waals surface area contributed by atoms with Gasteiger partial charge in [0.1, 0.15) is 12.4 Å². The van der Waals surface area contributed by atoms with Crippen molar-refractivity contribution in [3.8, 4) is 0 Å². The molecular formula is C6H7ClF2N2OS. The fourth-order valence-electron chi connectivity index (χ4n) is 0.670. The molecule has 0 spiro atoms. The van der Waals surface area contributed by atoms with Crippen LogP contribution in [-0.2, 0) is 11.2 Å².